The van der Waals surface area contributed by atoms with Gasteiger partial charge in [-0.1, -0.05) is 0 Å². The molecule has 2 N–H and O–H groups in total. The number of likely N-dealkylation sites (N-methyl/N-ethyl adjacent to an activating group) is 2. The average molecular weight is 174 g/mol. The maximum atomic E-state index is 10.4. The monoisotopic (exact) mass is 174 g/mol. The zero-order chi connectivity index (χ0) is 9.23. The summed E-state index contributed by atoms with van der Waals surface area (Å²) in [6.45, 7) is 4.46. The van der Waals surface area contributed by atoms with E-state index in [0.29, 0.717) is 6.54 Å². The molecule has 0 aliphatic rings. The van der Waals surface area contributed by atoms with E-state index in [1.807, 2.05) is 14.1 Å². The Morgan fingerprint density at radius 1 is 1.00 bits per heavy atom. The van der Waals surface area contributed by atoms with Crippen molar-refractivity contribution < 1.29 is 5.11 Å². The van der Waals surface area contributed by atoms with Gasteiger partial charge in [0.05, 0.1) is 6.61 Å². The van der Waals surface area contributed by atoms with Crippen LogP contribution in [0.5, 0.6) is 0 Å². The second kappa shape index (κ2) is 8.93. The van der Waals surface area contributed by atoms with E-state index >= 15 is 0 Å². The summed E-state index contributed by atoms with van der Waals surface area (Å²) in [6.07, 6.45) is 0. The number of hydrogen-bond acceptors (Lipinski definition) is 3. The molecule has 4 heteroatoms. The van der Waals surface area contributed by atoms with Crippen LogP contribution in [0.4, 0.5) is 0 Å². The van der Waals surface area contributed by atoms with Crippen LogP contribution in [0.25, 0.3) is 0 Å². The van der Waals surface area contributed by atoms with E-state index < -0.39 is 0 Å². The third kappa shape index (κ3) is 6.54. The molecular formula is C8H20N3O. The molecule has 0 fully saturated rings. The summed E-state index contributed by atoms with van der Waals surface area (Å²) in [7, 11) is 3.85. The number of hydrogen-bond donors (Lipinski definition) is 2. The molecule has 0 aliphatic carbocycles. The van der Waals surface area contributed by atoms with E-state index in [1.165, 1.54) is 0 Å². The van der Waals surface area contributed by atoms with Crippen LogP contribution in [0.3, 0.4) is 0 Å². The fraction of sp³-hybridized carbons (Fsp3) is 1.00. The standard InChI is InChI=1S/C8H20N3O/c1-9-3-5-11(7-8-12)6-4-10-2/h9-10H,3-8H2,1-2H3. The van der Waals surface area contributed by atoms with Crippen LogP contribution in [0.15, 0.2) is 0 Å². The topological polar surface area (TPSA) is 47.2 Å². The lowest BCUT2D eigenvalue weighted by Crippen LogP contribution is -2.37. The summed E-state index contributed by atoms with van der Waals surface area (Å²) in [4.78, 5) is 2.17. The smallest absolute Gasteiger partial charge is 0.0949 e. The Kier molecular flexibility index (Phi) is 8.81. The third-order valence-corrected chi connectivity index (χ3v) is 1.76. The van der Waals surface area contributed by atoms with Crippen LogP contribution in [0.2, 0.25) is 0 Å². The molecule has 0 saturated carbocycles. The molecule has 0 aromatic carbocycles. The summed E-state index contributed by atoms with van der Waals surface area (Å²) in [6, 6.07) is 0. The molecule has 0 saturated heterocycles. The second-order valence-electron chi connectivity index (χ2n) is 2.75. The predicted octanol–water partition coefficient (Wildman–Crippen LogP) is -0.842. The SMILES string of the molecule is CNCCN(CC[O])CCNC. The third-order valence-electron chi connectivity index (χ3n) is 1.76. The Morgan fingerprint density at radius 2 is 1.50 bits per heavy atom. The molecular weight excluding hydrogens is 154 g/mol. The van der Waals surface area contributed by atoms with Crippen molar-refractivity contribution >= 4 is 0 Å². The zero-order valence-electron chi connectivity index (χ0n) is 8.10. The highest BCUT2D eigenvalue weighted by atomic mass is 16.3. The van der Waals surface area contributed by atoms with Crippen LogP contribution in [-0.4, -0.2) is 58.3 Å². The van der Waals surface area contributed by atoms with Gasteiger partial charge in [0.25, 0.3) is 0 Å². The molecule has 4 nitrogen and oxygen atoms in total. The molecule has 0 rings (SSSR count). The van der Waals surface area contributed by atoms with Gasteiger partial charge in [0.1, 0.15) is 0 Å². The van der Waals surface area contributed by atoms with Crippen molar-refractivity contribution in [2.45, 2.75) is 0 Å². The molecule has 73 valence electrons. The summed E-state index contributed by atoms with van der Waals surface area (Å²) in [5.74, 6) is 0. The van der Waals surface area contributed by atoms with Crippen LogP contribution in [0.1, 0.15) is 0 Å². The summed E-state index contributed by atoms with van der Waals surface area (Å²) in [5.41, 5.74) is 0. The molecule has 0 spiro atoms. The zero-order valence-corrected chi connectivity index (χ0v) is 8.10. The fourth-order valence-corrected chi connectivity index (χ4v) is 1.00. The van der Waals surface area contributed by atoms with Gasteiger partial charge in [0.15, 0.2) is 0 Å². The van der Waals surface area contributed by atoms with Gasteiger partial charge >= 0.3 is 0 Å². The Bertz CT molecular complexity index is 82.4. The van der Waals surface area contributed by atoms with Gasteiger partial charge in [-0.2, -0.15) is 0 Å². The molecule has 1 radical (unpaired) electrons. The lowest BCUT2D eigenvalue weighted by Gasteiger charge is -2.20. The van der Waals surface area contributed by atoms with E-state index in [2.05, 4.69) is 15.5 Å². The van der Waals surface area contributed by atoms with Gasteiger partial charge in [-0.05, 0) is 14.1 Å². The minimum absolute atomic E-state index is 0.00652. The average Bonchev–Trinajstić information content (AvgIpc) is 2.10. The van der Waals surface area contributed by atoms with E-state index in [9.17, 15) is 5.11 Å². The highest BCUT2D eigenvalue weighted by Gasteiger charge is 2.01. The summed E-state index contributed by atoms with van der Waals surface area (Å²) in [5, 5.41) is 16.5. The fourth-order valence-electron chi connectivity index (χ4n) is 1.00. The highest BCUT2D eigenvalue weighted by molar-refractivity contribution is 4.59. The molecule has 0 heterocycles. The molecule has 0 aromatic rings. The Morgan fingerprint density at radius 3 is 1.83 bits per heavy atom. The van der Waals surface area contributed by atoms with Crippen molar-refractivity contribution in [3.05, 3.63) is 0 Å². The minimum Gasteiger partial charge on any atom is -0.318 e. The largest absolute Gasteiger partial charge is 0.318 e. The van der Waals surface area contributed by atoms with Gasteiger partial charge in [-0.3, -0.25) is 4.90 Å². The van der Waals surface area contributed by atoms with Crippen molar-refractivity contribution in [2.75, 3.05) is 53.4 Å². The van der Waals surface area contributed by atoms with E-state index in [1.54, 1.807) is 0 Å². The first-order valence-corrected chi connectivity index (χ1v) is 4.44. The first-order valence-electron chi connectivity index (χ1n) is 4.44. The first-order chi connectivity index (χ1) is 5.85. The molecule has 0 aliphatic heterocycles. The number of rotatable bonds is 8. The minimum atomic E-state index is -0.00652. The molecule has 0 amide bonds. The molecule has 0 aromatic heterocycles. The van der Waals surface area contributed by atoms with E-state index in [0.717, 1.165) is 26.2 Å². The van der Waals surface area contributed by atoms with Gasteiger partial charge in [0.2, 0.25) is 0 Å². The van der Waals surface area contributed by atoms with Crippen molar-refractivity contribution in [3.63, 3.8) is 0 Å². The first kappa shape index (κ1) is 11.8. The second-order valence-corrected chi connectivity index (χ2v) is 2.75. The van der Waals surface area contributed by atoms with Crippen molar-refractivity contribution in [1.29, 1.82) is 0 Å². The van der Waals surface area contributed by atoms with Gasteiger partial charge in [-0.15, -0.1) is 0 Å². The van der Waals surface area contributed by atoms with Crippen LogP contribution in [0, 0.1) is 0 Å². The van der Waals surface area contributed by atoms with Gasteiger partial charge in [0, 0.05) is 32.7 Å². The van der Waals surface area contributed by atoms with Crippen LogP contribution in [-0.2, 0) is 5.11 Å². The predicted molar refractivity (Wildman–Crippen MR) is 49.8 cm³/mol. The number of nitrogens with one attached hydrogen (secondary N) is 2. The normalized spacial score (nSPS) is 11.0. The van der Waals surface area contributed by atoms with Crippen molar-refractivity contribution in [1.82, 2.24) is 15.5 Å². The molecule has 0 bridgehead atoms. The lowest BCUT2D eigenvalue weighted by atomic mass is 10.4. The lowest BCUT2D eigenvalue weighted by molar-refractivity contribution is 0.141. The quantitative estimate of drug-likeness (QED) is 0.504. The maximum absolute atomic E-state index is 10.4. The van der Waals surface area contributed by atoms with Crippen molar-refractivity contribution in [3.8, 4) is 0 Å². The Labute approximate surface area is 74.9 Å². The van der Waals surface area contributed by atoms with Crippen molar-refractivity contribution in [2.24, 2.45) is 0 Å². The van der Waals surface area contributed by atoms with Gasteiger partial charge < -0.3 is 10.6 Å². The highest BCUT2D eigenvalue weighted by Crippen LogP contribution is 1.84. The van der Waals surface area contributed by atoms with Crippen LogP contribution >= 0.6 is 0 Å². The van der Waals surface area contributed by atoms with Gasteiger partial charge in [-0.25, -0.2) is 5.11 Å². The molecule has 12 heavy (non-hydrogen) atoms. The number of nitrogens with zero attached hydrogens (tertiary/aromatic N) is 1. The van der Waals surface area contributed by atoms with Crippen LogP contribution < -0.4 is 10.6 Å². The van der Waals surface area contributed by atoms with E-state index in [-0.39, 0.29) is 6.61 Å². The molecule has 0 unspecified atom stereocenters. The Balaban J connectivity index is 3.40. The maximum Gasteiger partial charge on any atom is 0.0949 e. The summed E-state index contributed by atoms with van der Waals surface area (Å²) >= 11 is 0. The Hall–Kier alpha value is -0.160. The summed E-state index contributed by atoms with van der Waals surface area (Å²) < 4.78 is 0. The van der Waals surface area contributed by atoms with E-state index in [4.69, 9.17) is 0 Å². The molecule has 0 atom stereocenters.